The molecule has 0 saturated heterocycles. The Labute approximate surface area is 102 Å². The van der Waals surface area contributed by atoms with E-state index in [4.69, 9.17) is 11.5 Å². The number of para-hydroxylation sites is 1. The number of nitrogen functional groups attached to an aromatic ring is 2. The van der Waals surface area contributed by atoms with Crippen molar-refractivity contribution < 1.29 is 5.11 Å². The van der Waals surface area contributed by atoms with E-state index in [1.165, 1.54) is 0 Å². The zero-order valence-corrected chi connectivity index (χ0v) is 9.25. The van der Waals surface area contributed by atoms with E-state index in [-0.39, 0.29) is 17.5 Å². The molecule has 0 bridgehead atoms. The summed E-state index contributed by atoms with van der Waals surface area (Å²) in [6.07, 6.45) is 0. The lowest BCUT2D eigenvalue weighted by Gasteiger charge is -1.98. The van der Waals surface area contributed by atoms with Crippen molar-refractivity contribution in [3.8, 4) is 17.1 Å². The fourth-order valence-electron chi connectivity index (χ4n) is 1.74. The van der Waals surface area contributed by atoms with Gasteiger partial charge in [0.05, 0.1) is 5.56 Å². The molecule has 0 aliphatic heterocycles. The molecule has 6 N–H and O–H groups in total. The van der Waals surface area contributed by atoms with Crippen LogP contribution in [0.15, 0.2) is 24.3 Å². The first-order valence-electron chi connectivity index (χ1n) is 5.22. The number of fused-ring (bicyclic) bond motifs is 1. The summed E-state index contributed by atoms with van der Waals surface area (Å²) >= 11 is 0. The van der Waals surface area contributed by atoms with Gasteiger partial charge in [0.15, 0.2) is 11.5 Å². The van der Waals surface area contributed by atoms with E-state index in [0.717, 1.165) is 0 Å². The van der Waals surface area contributed by atoms with Crippen molar-refractivity contribution in [1.29, 1.82) is 0 Å². The third kappa shape index (κ3) is 1.49. The molecule has 0 spiro atoms. The standard InChI is InChI=1S/C11H10N6O/c12-8-7-10(17-11(13)15-8)16-9(14-7)5-3-1-2-4-6(5)18/h1-4,18H,(H5,12,13,14,15,16,17). The Kier molecular flexibility index (Phi) is 2.06. The Morgan fingerprint density at radius 1 is 1.06 bits per heavy atom. The summed E-state index contributed by atoms with van der Waals surface area (Å²) in [4.78, 5) is 15.0. The Balaban J connectivity index is 2.26. The topological polar surface area (TPSA) is 127 Å². The van der Waals surface area contributed by atoms with Crippen molar-refractivity contribution in [2.75, 3.05) is 11.5 Å². The maximum absolute atomic E-state index is 9.76. The van der Waals surface area contributed by atoms with Gasteiger partial charge < -0.3 is 21.6 Å². The van der Waals surface area contributed by atoms with Crippen molar-refractivity contribution in [2.24, 2.45) is 0 Å². The number of phenols is 1. The number of nitrogens with two attached hydrogens (primary N) is 2. The molecule has 0 saturated carbocycles. The smallest absolute Gasteiger partial charge is 0.224 e. The predicted molar refractivity (Wildman–Crippen MR) is 67.6 cm³/mol. The lowest BCUT2D eigenvalue weighted by molar-refractivity contribution is 0.477. The number of hydrogen-bond acceptors (Lipinski definition) is 6. The molecule has 2 aromatic heterocycles. The second kappa shape index (κ2) is 3.59. The van der Waals surface area contributed by atoms with Gasteiger partial charge in [0.25, 0.3) is 0 Å². The molecule has 1 aromatic carbocycles. The van der Waals surface area contributed by atoms with E-state index < -0.39 is 0 Å². The normalized spacial score (nSPS) is 10.9. The highest BCUT2D eigenvalue weighted by Gasteiger charge is 2.12. The highest BCUT2D eigenvalue weighted by Crippen LogP contribution is 2.28. The SMILES string of the molecule is Nc1nc(N)c2[nH]c(-c3ccccc3O)nc2n1. The van der Waals surface area contributed by atoms with E-state index in [0.29, 0.717) is 22.6 Å². The van der Waals surface area contributed by atoms with Gasteiger partial charge in [0.2, 0.25) is 5.95 Å². The zero-order valence-electron chi connectivity index (χ0n) is 9.25. The maximum Gasteiger partial charge on any atom is 0.224 e. The van der Waals surface area contributed by atoms with Gasteiger partial charge in [-0.05, 0) is 12.1 Å². The number of aromatic amines is 1. The number of imidazole rings is 1. The summed E-state index contributed by atoms with van der Waals surface area (Å²) < 4.78 is 0. The van der Waals surface area contributed by atoms with Crippen LogP contribution in [0.5, 0.6) is 5.75 Å². The zero-order chi connectivity index (χ0) is 12.7. The molecule has 3 aromatic rings. The van der Waals surface area contributed by atoms with Gasteiger partial charge in [-0.1, -0.05) is 12.1 Å². The number of phenolic OH excluding ortho intramolecular Hbond substituents is 1. The third-order valence-electron chi connectivity index (χ3n) is 2.56. The maximum atomic E-state index is 9.76. The van der Waals surface area contributed by atoms with Crippen LogP contribution in [-0.4, -0.2) is 25.0 Å². The summed E-state index contributed by atoms with van der Waals surface area (Å²) in [7, 11) is 0. The fraction of sp³-hybridized carbons (Fsp3) is 0. The van der Waals surface area contributed by atoms with Crippen LogP contribution in [-0.2, 0) is 0 Å². The number of nitrogens with zero attached hydrogens (tertiary/aromatic N) is 3. The van der Waals surface area contributed by atoms with Crippen molar-refractivity contribution in [3.63, 3.8) is 0 Å². The van der Waals surface area contributed by atoms with E-state index in [1.54, 1.807) is 24.3 Å². The van der Waals surface area contributed by atoms with Gasteiger partial charge in [0.1, 0.15) is 17.1 Å². The van der Waals surface area contributed by atoms with Gasteiger partial charge in [-0.3, -0.25) is 0 Å². The van der Waals surface area contributed by atoms with Gasteiger partial charge in [-0.15, -0.1) is 0 Å². The van der Waals surface area contributed by atoms with Gasteiger partial charge in [-0.25, -0.2) is 4.98 Å². The number of aromatic hydroxyl groups is 1. The number of benzene rings is 1. The van der Waals surface area contributed by atoms with Crippen molar-refractivity contribution in [1.82, 2.24) is 19.9 Å². The molecule has 0 amide bonds. The van der Waals surface area contributed by atoms with Crippen LogP contribution >= 0.6 is 0 Å². The second-order valence-electron chi connectivity index (χ2n) is 3.77. The average Bonchev–Trinajstić information content (AvgIpc) is 2.73. The predicted octanol–water partition coefficient (Wildman–Crippen LogP) is 0.890. The van der Waals surface area contributed by atoms with Crippen LogP contribution in [0, 0.1) is 0 Å². The molecule has 0 radical (unpaired) electrons. The first-order valence-corrected chi connectivity index (χ1v) is 5.22. The van der Waals surface area contributed by atoms with E-state index in [1.807, 2.05) is 0 Å². The van der Waals surface area contributed by atoms with Crippen LogP contribution < -0.4 is 11.5 Å². The number of H-pyrrole nitrogens is 1. The molecule has 0 aliphatic rings. The minimum Gasteiger partial charge on any atom is -0.507 e. The van der Waals surface area contributed by atoms with E-state index >= 15 is 0 Å². The summed E-state index contributed by atoms with van der Waals surface area (Å²) in [6, 6.07) is 6.84. The number of rotatable bonds is 1. The first-order chi connectivity index (χ1) is 8.65. The van der Waals surface area contributed by atoms with Crippen LogP contribution in [0.25, 0.3) is 22.6 Å². The molecule has 18 heavy (non-hydrogen) atoms. The van der Waals surface area contributed by atoms with Gasteiger partial charge in [-0.2, -0.15) is 9.97 Å². The Bertz CT molecular complexity index is 735. The quantitative estimate of drug-likeness (QED) is 0.502. The molecule has 7 nitrogen and oxygen atoms in total. The van der Waals surface area contributed by atoms with Crippen LogP contribution in [0.4, 0.5) is 11.8 Å². The first kappa shape index (κ1) is 10.3. The molecule has 0 unspecified atom stereocenters. The van der Waals surface area contributed by atoms with Crippen molar-refractivity contribution >= 4 is 22.9 Å². The molecule has 90 valence electrons. The minimum absolute atomic E-state index is 0.0651. The van der Waals surface area contributed by atoms with Crippen LogP contribution in [0.3, 0.4) is 0 Å². The lowest BCUT2D eigenvalue weighted by Crippen LogP contribution is -1.99. The summed E-state index contributed by atoms with van der Waals surface area (Å²) in [6.45, 7) is 0. The van der Waals surface area contributed by atoms with E-state index in [2.05, 4.69) is 19.9 Å². The summed E-state index contributed by atoms with van der Waals surface area (Å²) in [5, 5.41) is 9.76. The molecule has 2 heterocycles. The van der Waals surface area contributed by atoms with Crippen LogP contribution in [0.2, 0.25) is 0 Å². The highest BCUT2D eigenvalue weighted by molar-refractivity contribution is 5.86. The number of nitrogens with one attached hydrogen (secondary N) is 1. The van der Waals surface area contributed by atoms with E-state index in [9.17, 15) is 5.11 Å². The molecular weight excluding hydrogens is 232 g/mol. The molecule has 3 rings (SSSR count). The van der Waals surface area contributed by atoms with Crippen molar-refractivity contribution in [2.45, 2.75) is 0 Å². The third-order valence-corrected chi connectivity index (χ3v) is 2.56. The van der Waals surface area contributed by atoms with Gasteiger partial charge in [0, 0.05) is 0 Å². The number of hydrogen-bond donors (Lipinski definition) is 4. The van der Waals surface area contributed by atoms with Crippen LogP contribution in [0.1, 0.15) is 0 Å². The Morgan fingerprint density at radius 3 is 2.61 bits per heavy atom. The molecule has 0 fully saturated rings. The van der Waals surface area contributed by atoms with Gasteiger partial charge >= 0.3 is 0 Å². The lowest BCUT2D eigenvalue weighted by atomic mass is 10.2. The summed E-state index contributed by atoms with van der Waals surface area (Å²) in [5.74, 6) is 0.882. The molecule has 0 atom stereocenters. The summed E-state index contributed by atoms with van der Waals surface area (Å²) in [5.41, 5.74) is 12.7. The fourth-order valence-corrected chi connectivity index (χ4v) is 1.74. The Hall–Kier alpha value is -2.83. The second-order valence-corrected chi connectivity index (χ2v) is 3.77. The molecule has 0 aliphatic carbocycles. The monoisotopic (exact) mass is 242 g/mol. The molecule has 7 heteroatoms. The van der Waals surface area contributed by atoms with Crippen molar-refractivity contribution in [3.05, 3.63) is 24.3 Å². The number of aromatic nitrogens is 4. The number of anilines is 2. The average molecular weight is 242 g/mol. The largest absolute Gasteiger partial charge is 0.507 e. The Morgan fingerprint density at radius 2 is 1.83 bits per heavy atom. The highest BCUT2D eigenvalue weighted by atomic mass is 16.3. The molecular formula is C11H10N6O. The minimum atomic E-state index is 0.0651.